The third-order valence-corrected chi connectivity index (χ3v) is 3.83. The number of nitriles is 1. The molecule has 0 bridgehead atoms. The van der Waals surface area contributed by atoms with E-state index in [0.29, 0.717) is 5.69 Å². The van der Waals surface area contributed by atoms with Crippen molar-refractivity contribution in [3.8, 4) is 11.8 Å². The maximum absolute atomic E-state index is 12.5. The molecular formula is C20H19N3O6. The molecule has 0 atom stereocenters. The molecular weight excluding hydrogens is 378 g/mol. The van der Waals surface area contributed by atoms with Crippen LogP contribution in [0.25, 0.3) is 0 Å². The lowest BCUT2D eigenvalue weighted by atomic mass is 10.2. The summed E-state index contributed by atoms with van der Waals surface area (Å²) in [7, 11) is 0. The van der Waals surface area contributed by atoms with Gasteiger partial charge in [-0.15, -0.1) is 0 Å². The Bertz CT molecular complexity index is 924. The molecule has 0 aliphatic heterocycles. The molecule has 9 nitrogen and oxygen atoms in total. The van der Waals surface area contributed by atoms with Crippen LogP contribution in [0.5, 0.6) is 5.75 Å². The minimum atomic E-state index is -0.877. The molecule has 0 heterocycles. The van der Waals surface area contributed by atoms with Gasteiger partial charge >= 0.3 is 11.7 Å². The number of benzene rings is 2. The van der Waals surface area contributed by atoms with Gasteiger partial charge < -0.3 is 14.4 Å². The fourth-order valence-corrected chi connectivity index (χ4v) is 2.52. The molecule has 0 aliphatic rings. The zero-order valence-corrected chi connectivity index (χ0v) is 15.7. The van der Waals surface area contributed by atoms with E-state index in [4.69, 9.17) is 14.7 Å². The molecule has 1 amide bonds. The summed E-state index contributed by atoms with van der Waals surface area (Å²) in [5.41, 5.74) is 0.129. The molecule has 2 rings (SSSR count). The first-order valence-corrected chi connectivity index (χ1v) is 8.78. The van der Waals surface area contributed by atoms with Gasteiger partial charge in [0, 0.05) is 18.3 Å². The van der Waals surface area contributed by atoms with E-state index in [9.17, 15) is 19.7 Å². The van der Waals surface area contributed by atoms with Gasteiger partial charge in [0.25, 0.3) is 5.91 Å². The summed E-state index contributed by atoms with van der Waals surface area (Å²) in [5, 5.41) is 20.0. The van der Waals surface area contributed by atoms with Crippen molar-refractivity contribution in [1.29, 1.82) is 5.26 Å². The van der Waals surface area contributed by atoms with E-state index in [2.05, 4.69) is 0 Å². The van der Waals surface area contributed by atoms with Crippen LogP contribution in [0.4, 0.5) is 11.4 Å². The zero-order valence-electron chi connectivity index (χ0n) is 15.7. The van der Waals surface area contributed by atoms with Crippen LogP contribution >= 0.6 is 0 Å². The van der Waals surface area contributed by atoms with Crippen molar-refractivity contribution >= 4 is 23.3 Å². The summed E-state index contributed by atoms with van der Waals surface area (Å²) < 4.78 is 10.2. The molecule has 150 valence electrons. The summed E-state index contributed by atoms with van der Waals surface area (Å²) in [4.78, 5) is 36.6. The Hall–Kier alpha value is -3.93. The fourth-order valence-electron chi connectivity index (χ4n) is 2.52. The first-order chi connectivity index (χ1) is 14.0. The number of nitro benzene ring substituents is 1. The molecule has 0 N–H and O–H groups in total. The number of carbonyl (C=O) groups excluding carboxylic acids is 2. The largest absolute Gasteiger partial charge is 0.487 e. The standard InChI is InChI=1S/C20H19N3O6/c1-2-28-18-10-9-15(13-17(18)23(26)27)20(25)29-14-19(24)22(12-6-11-21)16-7-4-3-5-8-16/h3-5,7-10,13H,2,6,12,14H2,1H3. The van der Waals surface area contributed by atoms with E-state index in [1.807, 2.05) is 6.07 Å². The minimum absolute atomic E-state index is 0.0388. The molecule has 9 heteroatoms. The maximum atomic E-state index is 12.5. The molecule has 29 heavy (non-hydrogen) atoms. The van der Waals surface area contributed by atoms with Crippen molar-refractivity contribution in [1.82, 2.24) is 0 Å². The highest BCUT2D eigenvalue weighted by atomic mass is 16.6. The fraction of sp³-hybridized carbons (Fsp3) is 0.250. The normalized spacial score (nSPS) is 9.93. The highest BCUT2D eigenvalue weighted by Crippen LogP contribution is 2.28. The molecule has 0 aliphatic carbocycles. The predicted octanol–water partition coefficient (Wildman–Crippen LogP) is 3.10. The van der Waals surface area contributed by atoms with Crippen molar-refractivity contribution in [2.24, 2.45) is 0 Å². The number of nitro groups is 1. The third kappa shape index (κ3) is 5.77. The predicted molar refractivity (Wildman–Crippen MR) is 104 cm³/mol. The van der Waals surface area contributed by atoms with Gasteiger partial charge in [-0.1, -0.05) is 18.2 Å². The lowest BCUT2D eigenvalue weighted by Crippen LogP contribution is -2.35. The van der Waals surface area contributed by atoms with E-state index in [-0.39, 0.29) is 36.6 Å². The van der Waals surface area contributed by atoms with Crippen LogP contribution in [0.1, 0.15) is 23.7 Å². The highest BCUT2D eigenvalue weighted by Gasteiger charge is 2.21. The molecule has 2 aromatic carbocycles. The first kappa shape index (κ1) is 21.4. The lowest BCUT2D eigenvalue weighted by Gasteiger charge is -2.21. The lowest BCUT2D eigenvalue weighted by molar-refractivity contribution is -0.385. The van der Waals surface area contributed by atoms with Crippen LogP contribution in [0.3, 0.4) is 0 Å². The van der Waals surface area contributed by atoms with Crippen molar-refractivity contribution in [3.05, 3.63) is 64.2 Å². The van der Waals surface area contributed by atoms with Gasteiger partial charge in [-0.05, 0) is 31.2 Å². The summed E-state index contributed by atoms with van der Waals surface area (Å²) in [6.07, 6.45) is 0.111. The van der Waals surface area contributed by atoms with Gasteiger partial charge in [0.2, 0.25) is 0 Å². The van der Waals surface area contributed by atoms with Crippen molar-refractivity contribution in [2.45, 2.75) is 13.3 Å². The number of rotatable bonds is 9. The van der Waals surface area contributed by atoms with Crippen LogP contribution in [0.15, 0.2) is 48.5 Å². The average molecular weight is 397 g/mol. The van der Waals surface area contributed by atoms with E-state index < -0.39 is 23.4 Å². The molecule has 0 unspecified atom stereocenters. The summed E-state index contributed by atoms with van der Waals surface area (Å²) >= 11 is 0. The second-order valence-electron chi connectivity index (χ2n) is 5.74. The Morgan fingerprint density at radius 3 is 2.55 bits per heavy atom. The molecule has 2 aromatic rings. The van der Waals surface area contributed by atoms with E-state index >= 15 is 0 Å². The average Bonchev–Trinajstić information content (AvgIpc) is 2.73. The second kappa shape index (κ2) is 10.4. The molecule has 0 saturated heterocycles. The number of para-hydroxylation sites is 1. The molecule has 0 saturated carbocycles. The summed E-state index contributed by atoms with van der Waals surface area (Å²) in [5.74, 6) is -1.35. The van der Waals surface area contributed by atoms with Gasteiger partial charge in [0.15, 0.2) is 12.4 Å². The monoisotopic (exact) mass is 397 g/mol. The molecule has 0 spiro atoms. The van der Waals surface area contributed by atoms with Gasteiger partial charge in [-0.25, -0.2) is 4.79 Å². The number of hydrogen-bond donors (Lipinski definition) is 0. The van der Waals surface area contributed by atoms with Crippen molar-refractivity contribution in [3.63, 3.8) is 0 Å². The smallest absolute Gasteiger partial charge is 0.338 e. The molecule has 0 fully saturated rings. The number of carbonyl (C=O) groups is 2. The van der Waals surface area contributed by atoms with Gasteiger partial charge in [0.05, 0.1) is 29.6 Å². The number of nitrogens with zero attached hydrogens (tertiary/aromatic N) is 3. The maximum Gasteiger partial charge on any atom is 0.338 e. The topological polar surface area (TPSA) is 123 Å². The molecule has 0 radical (unpaired) electrons. The van der Waals surface area contributed by atoms with Gasteiger partial charge in [-0.3, -0.25) is 14.9 Å². The van der Waals surface area contributed by atoms with E-state index in [1.54, 1.807) is 37.3 Å². The van der Waals surface area contributed by atoms with Crippen LogP contribution < -0.4 is 9.64 Å². The van der Waals surface area contributed by atoms with E-state index in [1.165, 1.54) is 17.0 Å². The first-order valence-electron chi connectivity index (χ1n) is 8.78. The Balaban J connectivity index is 2.10. The van der Waals surface area contributed by atoms with Crippen LogP contribution in [0.2, 0.25) is 0 Å². The quantitative estimate of drug-likeness (QED) is 0.362. The van der Waals surface area contributed by atoms with Crippen LogP contribution in [0, 0.1) is 21.4 Å². The Kier molecular flexibility index (Phi) is 7.68. The van der Waals surface area contributed by atoms with Crippen molar-refractivity contribution < 1.29 is 24.0 Å². The number of anilines is 1. The highest BCUT2D eigenvalue weighted by molar-refractivity contribution is 5.97. The number of esters is 1. The SMILES string of the molecule is CCOc1ccc(C(=O)OCC(=O)N(CCC#N)c2ccccc2)cc1[N+](=O)[O-]. The molecule has 0 aromatic heterocycles. The number of ether oxygens (including phenoxy) is 2. The zero-order chi connectivity index (χ0) is 21.2. The van der Waals surface area contributed by atoms with Crippen LogP contribution in [-0.2, 0) is 9.53 Å². The number of hydrogen-bond acceptors (Lipinski definition) is 7. The number of amides is 1. The Morgan fingerprint density at radius 1 is 1.21 bits per heavy atom. The second-order valence-corrected chi connectivity index (χ2v) is 5.74. The van der Waals surface area contributed by atoms with Gasteiger partial charge in [0.1, 0.15) is 0 Å². The van der Waals surface area contributed by atoms with Gasteiger partial charge in [-0.2, -0.15) is 5.26 Å². The van der Waals surface area contributed by atoms with Crippen LogP contribution in [-0.4, -0.2) is 36.6 Å². The van der Waals surface area contributed by atoms with Crippen molar-refractivity contribution in [2.75, 3.05) is 24.7 Å². The summed E-state index contributed by atoms with van der Waals surface area (Å²) in [6, 6.07) is 14.3. The summed E-state index contributed by atoms with van der Waals surface area (Å²) in [6.45, 7) is 1.49. The Labute approximate surface area is 167 Å². The third-order valence-electron chi connectivity index (χ3n) is 3.83. The Morgan fingerprint density at radius 2 is 1.93 bits per heavy atom. The van der Waals surface area contributed by atoms with E-state index in [0.717, 1.165) is 6.07 Å². The minimum Gasteiger partial charge on any atom is -0.487 e.